The molecule has 0 radical (unpaired) electrons. The fourth-order valence-corrected chi connectivity index (χ4v) is 1.81. The summed E-state index contributed by atoms with van der Waals surface area (Å²) in [7, 11) is 0. The zero-order chi connectivity index (χ0) is 15.1. The molecule has 2 rings (SSSR count). The zero-order valence-corrected chi connectivity index (χ0v) is 11.7. The molecule has 2 aromatic carbocycles. The monoisotopic (exact) mass is 277 g/mol. The fraction of sp³-hybridized carbons (Fsp3) is 0.111. The van der Waals surface area contributed by atoms with E-state index >= 15 is 0 Å². The second-order valence-electron chi connectivity index (χ2n) is 4.51. The number of imide groups is 1. The summed E-state index contributed by atoms with van der Waals surface area (Å²) in [4.78, 5) is 24.9. The van der Waals surface area contributed by atoms with Gasteiger partial charge in [0.25, 0.3) is 0 Å². The molecule has 0 N–H and O–H groups in total. The molecule has 104 valence electrons. The predicted molar refractivity (Wildman–Crippen MR) is 81.0 cm³/mol. The summed E-state index contributed by atoms with van der Waals surface area (Å²) in [5.74, 6) is 4.48. The Hall–Kier alpha value is -2.86. The first-order valence-electron chi connectivity index (χ1n) is 6.60. The van der Waals surface area contributed by atoms with Crippen LogP contribution in [-0.2, 0) is 16.1 Å². The van der Waals surface area contributed by atoms with Gasteiger partial charge >= 0.3 is 5.91 Å². The Balaban J connectivity index is 2.14. The Kier molecular flexibility index (Phi) is 4.89. The van der Waals surface area contributed by atoms with Crippen molar-refractivity contribution in [1.82, 2.24) is 4.90 Å². The summed E-state index contributed by atoms with van der Waals surface area (Å²) < 4.78 is 0. The van der Waals surface area contributed by atoms with E-state index in [2.05, 4.69) is 11.8 Å². The van der Waals surface area contributed by atoms with Gasteiger partial charge in [0.2, 0.25) is 5.91 Å². The van der Waals surface area contributed by atoms with Crippen molar-refractivity contribution in [2.75, 3.05) is 0 Å². The summed E-state index contributed by atoms with van der Waals surface area (Å²) in [6.45, 7) is 1.60. The van der Waals surface area contributed by atoms with E-state index in [0.717, 1.165) is 16.0 Å². The third-order valence-corrected chi connectivity index (χ3v) is 2.90. The van der Waals surface area contributed by atoms with Crippen LogP contribution in [0.3, 0.4) is 0 Å². The first-order chi connectivity index (χ1) is 10.2. The molecule has 0 heterocycles. The van der Waals surface area contributed by atoms with E-state index < -0.39 is 5.91 Å². The lowest BCUT2D eigenvalue weighted by atomic mass is 10.2. The second kappa shape index (κ2) is 7.06. The molecular weight excluding hydrogens is 262 g/mol. The molecule has 0 saturated heterocycles. The molecule has 0 aliphatic heterocycles. The Morgan fingerprint density at radius 3 is 2.10 bits per heavy atom. The van der Waals surface area contributed by atoms with Gasteiger partial charge in [0, 0.05) is 18.4 Å². The Morgan fingerprint density at radius 2 is 1.52 bits per heavy atom. The average molecular weight is 277 g/mol. The number of amides is 2. The van der Waals surface area contributed by atoms with Crippen LogP contribution in [0.2, 0.25) is 0 Å². The Morgan fingerprint density at radius 1 is 0.952 bits per heavy atom. The van der Waals surface area contributed by atoms with Gasteiger partial charge in [-0.1, -0.05) is 54.5 Å². The standard InChI is InChI=1S/C18H15NO2/c1-15(20)19(14-17-10-6-3-7-11-17)18(21)13-12-16-8-4-2-5-9-16/h2-11H,14H2,1H3. The van der Waals surface area contributed by atoms with Crippen LogP contribution in [0.5, 0.6) is 0 Å². The van der Waals surface area contributed by atoms with Gasteiger partial charge in [-0.2, -0.15) is 0 Å². The summed E-state index contributed by atoms with van der Waals surface area (Å²) >= 11 is 0. The van der Waals surface area contributed by atoms with Gasteiger partial charge in [-0.15, -0.1) is 0 Å². The molecule has 0 aliphatic carbocycles. The number of carbonyl (C=O) groups is 2. The molecule has 0 spiro atoms. The van der Waals surface area contributed by atoms with Gasteiger partial charge in [0.15, 0.2) is 0 Å². The maximum Gasteiger partial charge on any atom is 0.305 e. The third kappa shape index (κ3) is 4.32. The van der Waals surface area contributed by atoms with Crippen LogP contribution in [0.15, 0.2) is 60.7 Å². The highest BCUT2D eigenvalue weighted by Gasteiger charge is 2.16. The molecule has 0 atom stereocenters. The quantitative estimate of drug-likeness (QED) is 0.791. The molecule has 2 aromatic rings. The topological polar surface area (TPSA) is 37.4 Å². The van der Waals surface area contributed by atoms with Crippen molar-refractivity contribution in [3.05, 3.63) is 71.8 Å². The van der Waals surface area contributed by atoms with E-state index in [1.54, 1.807) is 0 Å². The molecule has 0 aliphatic rings. The van der Waals surface area contributed by atoms with Crippen molar-refractivity contribution in [3.8, 4) is 11.8 Å². The molecule has 0 fully saturated rings. The van der Waals surface area contributed by atoms with Crippen LogP contribution >= 0.6 is 0 Å². The minimum atomic E-state index is -0.491. The van der Waals surface area contributed by atoms with Gasteiger partial charge in [-0.25, -0.2) is 0 Å². The highest BCUT2D eigenvalue weighted by Crippen LogP contribution is 2.05. The van der Waals surface area contributed by atoms with Gasteiger partial charge in [0.1, 0.15) is 0 Å². The Bertz CT molecular complexity index is 681. The molecule has 0 aromatic heterocycles. The number of rotatable bonds is 2. The van der Waals surface area contributed by atoms with Crippen LogP contribution in [0.25, 0.3) is 0 Å². The van der Waals surface area contributed by atoms with E-state index in [4.69, 9.17) is 0 Å². The molecule has 21 heavy (non-hydrogen) atoms. The summed E-state index contributed by atoms with van der Waals surface area (Å²) in [6.07, 6.45) is 0. The lowest BCUT2D eigenvalue weighted by Gasteiger charge is -2.16. The first kappa shape index (κ1) is 14.5. The molecule has 3 heteroatoms. The van der Waals surface area contributed by atoms with Crippen molar-refractivity contribution >= 4 is 11.8 Å². The van der Waals surface area contributed by atoms with Crippen molar-refractivity contribution in [2.45, 2.75) is 13.5 Å². The minimum absolute atomic E-state index is 0.235. The number of hydrogen-bond donors (Lipinski definition) is 0. The highest BCUT2D eigenvalue weighted by atomic mass is 16.2. The second-order valence-corrected chi connectivity index (χ2v) is 4.51. The van der Waals surface area contributed by atoms with E-state index in [1.165, 1.54) is 6.92 Å². The first-order valence-corrected chi connectivity index (χ1v) is 6.60. The molecule has 0 saturated carbocycles. The van der Waals surface area contributed by atoms with Gasteiger partial charge < -0.3 is 0 Å². The van der Waals surface area contributed by atoms with Crippen LogP contribution in [0.1, 0.15) is 18.1 Å². The SMILES string of the molecule is CC(=O)N(Cc1ccccc1)C(=O)C#Cc1ccccc1. The van der Waals surface area contributed by atoms with Crippen molar-refractivity contribution in [2.24, 2.45) is 0 Å². The van der Waals surface area contributed by atoms with Crippen LogP contribution in [-0.4, -0.2) is 16.7 Å². The molecule has 0 unspecified atom stereocenters. The lowest BCUT2D eigenvalue weighted by molar-refractivity contribution is -0.140. The van der Waals surface area contributed by atoms with Crippen molar-refractivity contribution in [1.29, 1.82) is 0 Å². The molecular formula is C18H15NO2. The smallest absolute Gasteiger partial charge is 0.275 e. The molecule has 3 nitrogen and oxygen atoms in total. The average Bonchev–Trinajstić information content (AvgIpc) is 2.52. The van der Waals surface area contributed by atoms with Crippen LogP contribution in [0, 0.1) is 11.8 Å². The van der Waals surface area contributed by atoms with E-state index in [1.807, 2.05) is 60.7 Å². The Labute approximate surface area is 124 Å². The zero-order valence-electron chi connectivity index (χ0n) is 11.7. The largest absolute Gasteiger partial charge is 0.305 e. The molecule has 2 amide bonds. The summed E-state index contributed by atoms with van der Waals surface area (Å²) in [5.41, 5.74) is 1.64. The number of carbonyl (C=O) groups excluding carboxylic acids is 2. The van der Waals surface area contributed by atoms with Crippen molar-refractivity contribution in [3.63, 3.8) is 0 Å². The van der Waals surface area contributed by atoms with E-state index in [9.17, 15) is 9.59 Å². The molecule has 0 bridgehead atoms. The maximum absolute atomic E-state index is 12.1. The van der Waals surface area contributed by atoms with E-state index in [0.29, 0.717) is 0 Å². The number of hydrogen-bond acceptors (Lipinski definition) is 2. The predicted octanol–water partition coefficient (Wildman–Crippen LogP) is 2.61. The number of nitrogens with zero attached hydrogens (tertiary/aromatic N) is 1. The van der Waals surface area contributed by atoms with Crippen LogP contribution in [0.4, 0.5) is 0 Å². The maximum atomic E-state index is 12.1. The van der Waals surface area contributed by atoms with Gasteiger partial charge in [-0.05, 0) is 17.7 Å². The fourth-order valence-electron chi connectivity index (χ4n) is 1.81. The van der Waals surface area contributed by atoms with Gasteiger partial charge in [0.05, 0.1) is 6.54 Å². The lowest BCUT2D eigenvalue weighted by Crippen LogP contribution is -2.33. The highest BCUT2D eigenvalue weighted by molar-refractivity contribution is 6.04. The summed E-state index contributed by atoms with van der Waals surface area (Å²) in [6, 6.07) is 18.6. The normalized spacial score (nSPS) is 9.38. The van der Waals surface area contributed by atoms with E-state index in [-0.39, 0.29) is 12.5 Å². The minimum Gasteiger partial charge on any atom is -0.275 e. The number of benzene rings is 2. The van der Waals surface area contributed by atoms with Gasteiger partial charge in [-0.3, -0.25) is 14.5 Å². The van der Waals surface area contributed by atoms with Crippen LogP contribution < -0.4 is 0 Å². The third-order valence-electron chi connectivity index (χ3n) is 2.90. The summed E-state index contributed by atoms with van der Waals surface area (Å²) in [5, 5.41) is 0. The van der Waals surface area contributed by atoms with Crippen molar-refractivity contribution < 1.29 is 9.59 Å².